The summed E-state index contributed by atoms with van der Waals surface area (Å²) in [6.07, 6.45) is 2.72. The number of pyridine rings is 1. The number of carbonyl (C=O) groups is 2. The van der Waals surface area contributed by atoms with E-state index in [4.69, 9.17) is 24.1 Å². The Kier molecular flexibility index (Phi) is 8.19. The number of nitrogens with one attached hydrogen (secondary N) is 1. The van der Waals surface area contributed by atoms with Gasteiger partial charge in [0, 0.05) is 30.8 Å². The number of aliphatic carboxylic acids is 1. The van der Waals surface area contributed by atoms with E-state index >= 15 is 0 Å². The number of aromatic nitrogens is 1. The average molecular weight is 509 g/mol. The number of halogens is 1. The van der Waals surface area contributed by atoms with Crippen LogP contribution in [0.1, 0.15) is 28.4 Å². The van der Waals surface area contributed by atoms with Gasteiger partial charge in [-0.05, 0) is 30.7 Å². The lowest BCUT2D eigenvalue weighted by atomic mass is 10.1. The number of nitrogens with zero attached hydrogens (tertiary/aromatic N) is 1. The fourth-order valence-electron chi connectivity index (χ4n) is 3.33. The van der Waals surface area contributed by atoms with Crippen molar-refractivity contribution >= 4 is 11.9 Å². The van der Waals surface area contributed by atoms with Gasteiger partial charge in [-0.3, -0.25) is 9.59 Å². The van der Waals surface area contributed by atoms with Crippen molar-refractivity contribution in [2.45, 2.75) is 26.2 Å². The molecule has 3 aromatic rings. The summed E-state index contributed by atoms with van der Waals surface area (Å²) in [5.41, 5.74) is 1.38. The Hall–Kier alpha value is -4.60. The summed E-state index contributed by atoms with van der Waals surface area (Å²) in [6, 6.07) is 16.9. The summed E-state index contributed by atoms with van der Waals surface area (Å²) >= 11 is 0. The van der Waals surface area contributed by atoms with Crippen molar-refractivity contribution in [3.8, 4) is 11.6 Å². The third-order valence-electron chi connectivity index (χ3n) is 5.41. The van der Waals surface area contributed by atoms with E-state index in [9.17, 15) is 14.0 Å². The highest BCUT2D eigenvalue weighted by Gasteiger charge is 2.24. The van der Waals surface area contributed by atoms with Crippen LogP contribution in [0.4, 0.5) is 4.39 Å². The van der Waals surface area contributed by atoms with Crippen LogP contribution in [0.25, 0.3) is 0 Å². The number of ether oxygens (including phenoxy) is 4. The Labute approximate surface area is 212 Å². The molecule has 1 aliphatic heterocycles. The van der Waals surface area contributed by atoms with E-state index in [-0.39, 0.29) is 41.9 Å². The number of carboxylic acids is 1. The third kappa shape index (κ3) is 6.97. The van der Waals surface area contributed by atoms with Gasteiger partial charge in [0.15, 0.2) is 6.26 Å². The van der Waals surface area contributed by atoms with Crippen molar-refractivity contribution in [2.75, 3.05) is 6.61 Å². The number of hydrogen-bond acceptors (Lipinski definition) is 7. The molecule has 0 saturated carbocycles. The number of rotatable bonds is 11. The monoisotopic (exact) mass is 508 g/mol. The summed E-state index contributed by atoms with van der Waals surface area (Å²) in [4.78, 5) is 27.8. The lowest BCUT2D eigenvalue weighted by Crippen LogP contribution is -2.24. The number of benzene rings is 2. The van der Waals surface area contributed by atoms with Crippen molar-refractivity contribution in [1.29, 1.82) is 0 Å². The van der Waals surface area contributed by atoms with Crippen LogP contribution < -0.4 is 14.8 Å². The van der Waals surface area contributed by atoms with Crippen LogP contribution in [0, 0.1) is 11.7 Å². The van der Waals surface area contributed by atoms with Gasteiger partial charge >= 0.3 is 11.9 Å². The van der Waals surface area contributed by atoms with Crippen molar-refractivity contribution < 1.29 is 38.0 Å². The largest absolute Gasteiger partial charge is 0.493 e. The van der Waals surface area contributed by atoms with Crippen LogP contribution in [-0.2, 0) is 27.2 Å². The van der Waals surface area contributed by atoms with Crippen molar-refractivity contribution in [1.82, 2.24) is 10.3 Å². The van der Waals surface area contributed by atoms with Gasteiger partial charge in [-0.2, -0.15) is 0 Å². The molecule has 0 radical (unpaired) electrons. The molecule has 2 N–H and O–H groups in total. The number of carbonyl (C=O) groups excluding carboxylic acids is 1. The molecule has 0 aliphatic carbocycles. The molecule has 1 aromatic heterocycles. The Morgan fingerprint density at radius 2 is 1.97 bits per heavy atom. The number of carboxylic acid groups (broad SMARTS) is 1. The minimum Gasteiger partial charge on any atom is -0.493 e. The Balaban J connectivity index is 1.32. The second kappa shape index (κ2) is 11.9. The second-order valence-electron chi connectivity index (χ2n) is 8.25. The molecule has 1 amide bonds. The SMILES string of the molecule is C[C@H](COc1ccc(CNC(=O)c2cccnc2OC2=COC(Cc3ccccc3)O2)c(F)c1)C(=O)O. The molecular formula is C27H25FN2O7. The van der Waals surface area contributed by atoms with Crippen LogP contribution in [-0.4, -0.2) is 34.9 Å². The van der Waals surface area contributed by atoms with Crippen molar-refractivity contribution in [3.63, 3.8) is 0 Å². The molecule has 0 saturated heterocycles. The minimum absolute atomic E-state index is 0.00646. The normalized spacial score (nSPS) is 15.1. The molecule has 4 rings (SSSR count). The van der Waals surface area contributed by atoms with Crippen LogP contribution in [0.3, 0.4) is 0 Å². The van der Waals surface area contributed by atoms with Gasteiger partial charge in [0.25, 0.3) is 5.91 Å². The first-order chi connectivity index (χ1) is 17.9. The van der Waals surface area contributed by atoms with E-state index in [2.05, 4.69) is 10.3 Å². The van der Waals surface area contributed by atoms with Gasteiger partial charge in [0.2, 0.25) is 12.2 Å². The van der Waals surface area contributed by atoms with E-state index in [1.807, 2.05) is 30.3 Å². The maximum absolute atomic E-state index is 14.5. The molecule has 0 bridgehead atoms. The number of amides is 1. The predicted octanol–water partition coefficient (Wildman–Crippen LogP) is 4.04. The van der Waals surface area contributed by atoms with Crippen molar-refractivity contribution in [2.24, 2.45) is 5.92 Å². The summed E-state index contributed by atoms with van der Waals surface area (Å²) in [5, 5.41) is 11.6. The highest BCUT2D eigenvalue weighted by atomic mass is 19.1. The van der Waals surface area contributed by atoms with E-state index in [1.54, 1.807) is 6.07 Å². The highest BCUT2D eigenvalue weighted by molar-refractivity contribution is 5.96. The molecule has 1 aliphatic rings. The molecule has 37 heavy (non-hydrogen) atoms. The average Bonchev–Trinajstić information content (AvgIpc) is 3.33. The van der Waals surface area contributed by atoms with Gasteiger partial charge in [-0.25, -0.2) is 9.37 Å². The van der Waals surface area contributed by atoms with Crippen LogP contribution in [0.2, 0.25) is 0 Å². The van der Waals surface area contributed by atoms with E-state index < -0.39 is 29.9 Å². The van der Waals surface area contributed by atoms with Crippen LogP contribution >= 0.6 is 0 Å². The van der Waals surface area contributed by atoms with Gasteiger partial charge in [0.05, 0.1) is 5.92 Å². The Morgan fingerprint density at radius 1 is 1.16 bits per heavy atom. The zero-order chi connectivity index (χ0) is 26.2. The minimum atomic E-state index is -1.01. The molecule has 2 heterocycles. The molecule has 1 unspecified atom stereocenters. The lowest BCUT2D eigenvalue weighted by molar-refractivity contribution is -0.142. The topological polar surface area (TPSA) is 116 Å². The molecule has 2 aromatic carbocycles. The lowest BCUT2D eigenvalue weighted by Gasteiger charge is -2.13. The summed E-state index contributed by atoms with van der Waals surface area (Å²) in [5.74, 6) is -2.60. The fraction of sp³-hybridized carbons (Fsp3) is 0.222. The Morgan fingerprint density at radius 3 is 2.73 bits per heavy atom. The Bertz CT molecular complexity index is 1280. The van der Waals surface area contributed by atoms with Crippen molar-refractivity contribution in [3.05, 3.63) is 102 Å². The maximum Gasteiger partial charge on any atom is 0.325 e. The zero-order valence-corrected chi connectivity index (χ0v) is 19.9. The maximum atomic E-state index is 14.5. The number of hydrogen-bond donors (Lipinski definition) is 2. The molecule has 192 valence electrons. The van der Waals surface area contributed by atoms with Crippen LogP contribution in [0.15, 0.2) is 79.1 Å². The quantitative estimate of drug-likeness (QED) is 0.399. The summed E-state index contributed by atoms with van der Waals surface area (Å²) in [7, 11) is 0. The molecule has 2 atom stereocenters. The smallest absolute Gasteiger partial charge is 0.325 e. The highest BCUT2D eigenvalue weighted by Crippen LogP contribution is 2.24. The molecule has 9 nitrogen and oxygen atoms in total. The van der Waals surface area contributed by atoms with E-state index in [1.165, 1.54) is 37.6 Å². The van der Waals surface area contributed by atoms with Gasteiger partial charge in [-0.1, -0.05) is 36.4 Å². The molecule has 0 fully saturated rings. The fourth-order valence-corrected chi connectivity index (χ4v) is 3.33. The summed E-state index contributed by atoms with van der Waals surface area (Å²) < 4.78 is 36.6. The first kappa shape index (κ1) is 25.5. The molecule has 0 spiro atoms. The zero-order valence-electron chi connectivity index (χ0n) is 19.9. The predicted molar refractivity (Wildman–Crippen MR) is 129 cm³/mol. The summed E-state index contributed by atoms with van der Waals surface area (Å²) in [6.45, 7) is 1.30. The third-order valence-corrected chi connectivity index (χ3v) is 5.41. The van der Waals surface area contributed by atoms with E-state index in [0.29, 0.717) is 6.42 Å². The molecular weight excluding hydrogens is 483 g/mol. The standard InChI is InChI=1S/C27H25FN2O7/c1-17(27(32)33)15-34-20-10-9-19(22(28)13-20)14-30-25(31)21-8-5-11-29-26(21)37-24-16-35-23(36-24)12-18-6-3-2-4-7-18/h2-11,13,16-17,23H,12,14-15H2,1H3,(H,30,31)(H,32,33)/t17-,23?/m1/s1. The molecule has 10 heteroatoms. The van der Waals surface area contributed by atoms with Gasteiger partial charge < -0.3 is 29.4 Å². The first-order valence-corrected chi connectivity index (χ1v) is 11.5. The van der Waals surface area contributed by atoms with Gasteiger partial charge in [-0.15, -0.1) is 0 Å². The van der Waals surface area contributed by atoms with Crippen LogP contribution in [0.5, 0.6) is 11.6 Å². The second-order valence-corrected chi connectivity index (χ2v) is 8.25. The van der Waals surface area contributed by atoms with E-state index in [0.717, 1.165) is 11.6 Å². The van der Waals surface area contributed by atoms with Gasteiger partial charge in [0.1, 0.15) is 23.7 Å². The first-order valence-electron chi connectivity index (χ1n) is 11.5.